The fraction of sp³-hybridized carbons (Fsp3) is 0.381. The van der Waals surface area contributed by atoms with Gasteiger partial charge < -0.3 is 24.4 Å². The van der Waals surface area contributed by atoms with Gasteiger partial charge in [0.1, 0.15) is 5.75 Å². The number of hydrogen-bond donors (Lipinski definition) is 1. The van der Waals surface area contributed by atoms with Crippen LogP contribution in [0.2, 0.25) is 0 Å². The summed E-state index contributed by atoms with van der Waals surface area (Å²) in [5.74, 6) is 1.37. The number of amides is 1. The van der Waals surface area contributed by atoms with E-state index < -0.39 is 0 Å². The van der Waals surface area contributed by atoms with Crippen molar-refractivity contribution in [3.8, 4) is 11.6 Å². The minimum Gasteiger partial charge on any atom is -0.495 e. The number of carbonyl (C=O) groups excluding carboxylic acids is 1. The number of rotatable bonds is 7. The van der Waals surface area contributed by atoms with Crippen LogP contribution in [-0.2, 0) is 4.74 Å². The molecule has 1 aromatic carbocycles. The van der Waals surface area contributed by atoms with Gasteiger partial charge in [0.25, 0.3) is 5.91 Å². The maximum absolute atomic E-state index is 13.0. The van der Waals surface area contributed by atoms with E-state index in [2.05, 4.69) is 36.5 Å². The minimum atomic E-state index is -0.0427. The zero-order chi connectivity index (χ0) is 22.7. The van der Waals surface area contributed by atoms with Crippen LogP contribution in [0.25, 0.3) is 11.0 Å². The monoisotopic (exact) mass is 569 g/mol. The highest BCUT2D eigenvalue weighted by Crippen LogP contribution is 2.33. The molecule has 1 atom stereocenters. The second kappa shape index (κ2) is 10.1. The molecule has 0 spiro atoms. The van der Waals surface area contributed by atoms with Gasteiger partial charge in [-0.3, -0.25) is 8.77 Å². The number of ether oxygens (including phenoxy) is 3. The third-order valence-electron chi connectivity index (χ3n) is 5.15. The molecule has 9 nitrogen and oxygen atoms in total. The lowest BCUT2D eigenvalue weighted by Crippen LogP contribution is -2.47. The van der Waals surface area contributed by atoms with Crippen molar-refractivity contribution < 1.29 is 19.0 Å². The van der Waals surface area contributed by atoms with Crippen LogP contribution >= 0.6 is 30.3 Å². The van der Waals surface area contributed by atoms with Crippen molar-refractivity contribution in [2.24, 2.45) is 0 Å². The summed E-state index contributed by atoms with van der Waals surface area (Å²) in [6, 6.07) is 7.28. The van der Waals surface area contributed by atoms with Gasteiger partial charge in [0.15, 0.2) is 5.65 Å². The minimum absolute atomic E-state index is 0.0316. The Bertz CT molecular complexity index is 1130. The van der Waals surface area contributed by atoms with Crippen LogP contribution in [0.15, 0.2) is 30.5 Å². The lowest BCUT2D eigenvalue weighted by molar-refractivity contribution is 0.00358. The quantitative estimate of drug-likeness (QED) is 0.422. The fourth-order valence-electron chi connectivity index (χ4n) is 3.57. The number of nitrogens with zero attached hydrogens (tertiary/aromatic N) is 4. The molecule has 0 aliphatic carbocycles. The van der Waals surface area contributed by atoms with Gasteiger partial charge in [0.2, 0.25) is 11.8 Å². The van der Waals surface area contributed by atoms with Gasteiger partial charge in [0.05, 0.1) is 44.0 Å². The van der Waals surface area contributed by atoms with E-state index in [1.165, 1.54) is 9.12 Å². The average Bonchev–Trinajstić information content (AvgIpc) is 3.22. The molecule has 0 bridgehead atoms. The van der Waals surface area contributed by atoms with E-state index in [0.29, 0.717) is 55.2 Å². The first-order chi connectivity index (χ1) is 15.5. The van der Waals surface area contributed by atoms with E-state index in [0.717, 1.165) is 11.0 Å². The van der Waals surface area contributed by atoms with Crippen molar-refractivity contribution >= 4 is 58.9 Å². The zero-order valence-electron chi connectivity index (χ0n) is 18.0. The Morgan fingerprint density at radius 1 is 1.38 bits per heavy atom. The molecule has 0 saturated carbocycles. The normalized spacial score (nSPS) is 16.2. The Kier molecular flexibility index (Phi) is 7.26. The second-order valence-corrected chi connectivity index (χ2v) is 8.91. The Labute approximate surface area is 202 Å². The maximum atomic E-state index is 13.0. The number of carbonyl (C=O) groups is 1. The summed E-state index contributed by atoms with van der Waals surface area (Å²) in [7, 11) is 3.08. The number of nitrogens with one attached hydrogen (secondary N) is 1. The van der Waals surface area contributed by atoms with E-state index in [9.17, 15) is 4.79 Å². The number of hydrogen-bond acceptors (Lipinski definition) is 8. The number of anilines is 2. The van der Waals surface area contributed by atoms with Gasteiger partial charge in [-0.2, -0.15) is 9.97 Å². The molecule has 4 rings (SSSR count). The number of halogens is 1. The highest BCUT2D eigenvalue weighted by Gasteiger charge is 2.25. The molecule has 1 fully saturated rings. The number of morpholine rings is 1. The van der Waals surface area contributed by atoms with Crippen LogP contribution in [0.5, 0.6) is 11.6 Å². The molecule has 1 aliphatic heterocycles. The van der Waals surface area contributed by atoms with Crippen molar-refractivity contribution in [1.82, 2.24) is 18.8 Å². The van der Waals surface area contributed by atoms with E-state index >= 15 is 0 Å². The van der Waals surface area contributed by atoms with Gasteiger partial charge in [-0.25, -0.2) is 0 Å². The molecule has 1 saturated heterocycles. The van der Waals surface area contributed by atoms with Crippen molar-refractivity contribution in [2.45, 2.75) is 19.9 Å². The smallest absolute Gasteiger partial charge is 0.254 e. The van der Waals surface area contributed by atoms with Gasteiger partial charge in [0, 0.05) is 48.6 Å². The summed E-state index contributed by atoms with van der Waals surface area (Å²) < 4.78 is 18.7. The number of methoxy groups -OCH3 is 1. The first-order valence-corrected chi connectivity index (χ1v) is 13.5. The third-order valence-corrected chi connectivity index (χ3v) is 6.87. The summed E-state index contributed by atoms with van der Waals surface area (Å²) >= 11 is 2.20. The van der Waals surface area contributed by atoms with Gasteiger partial charge in [-0.05, 0) is 38.1 Å². The molecule has 3 heterocycles. The average molecular weight is 569 g/mol. The molecule has 1 N–H and O–H groups in total. The van der Waals surface area contributed by atoms with E-state index in [1.807, 2.05) is 35.0 Å². The molecule has 11 heteroatoms. The predicted molar refractivity (Wildman–Crippen MR) is 133 cm³/mol. The van der Waals surface area contributed by atoms with E-state index in [4.69, 9.17) is 14.2 Å². The first-order valence-electron chi connectivity index (χ1n) is 10.2. The molecule has 3 aromatic rings. The predicted octanol–water partition coefficient (Wildman–Crippen LogP) is 4.29. The molecule has 1 amide bonds. The standard InChI is InChI=1S/C21H24IN5O4S/c1-4-31-19-15-7-8-27(32-22)18(15)24-21(25-19)23-16-6-5-14(11-17(16)29-3)20(28)26-9-10-30-12-13(26)2/h5-8,11,13H,4,9-10,12H2,1-3H3,(H,23,24,25)/t13-/m1/s1. The number of fused-ring (bicyclic) bond motifs is 1. The molecule has 170 valence electrons. The Balaban J connectivity index is 1.64. The molecule has 32 heavy (non-hydrogen) atoms. The Morgan fingerprint density at radius 3 is 2.94 bits per heavy atom. The Hall–Kier alpha value is -2.25. The second-order valence-electron chi connectivity index (χ2n) is 7.20. The topological polar surface area (TPSA) is 90.7 Å². The lowest BCUT2D eigenvalue weighted by Gasteiger charge is -2.33. The summed E-state index contributed by atoms with van der Waals surface area (Å²) in [6.07, 6.45) is 1.93. The molecule has 1 aliphatic rings. The molecule has 2 aromatic heterocycles. The highest BCUT2D eigenvalue weighted by molar-refractivity contribution is 14.2. The van der Waals surface area contributed by atoms with Crippen LogP contribution < -0.4 is 14.8 Å². The molecular formula is C21H24IN5O4S. The van der Waals surface area contributed by atoms with Crippen LogP contribution in [0, 0.1) is 0 Å². The summed E-state index contributed by atoms with van der Waals surface area (Å²) in [5, 5.41) is 4.05. The highest BCUT2D eigenvalue weighted by atomic mass is 127. The number of benzene rings is 1. The maximum Gasteiger partial charge on any atom is 0.254 e. The SMILES string of the molecule is CCOc1nc(Nc2ccc(C(=O)N3CCOC[C@H]3C)cc2OC)nc2c1ccn2SI. The fourth-order valence-corrected chi connectivity index (χ4v) is 4.83. The van der Waals surface area contributed by atoms with Gasteiger partial charge >= 0.3 is 0 Å². The van der Waals surface area contributed by atoms with Crippen molar-refractivity contribution in [3.05, 3.63) is 36.0 Å². The van der Waals surface area contributed by atoms with Gasteiger partial charge in [-0.1, -0.05) is 0 Å². The van der Waals surface area contributed by atoms with Gasteiger partial charge in [-0.15, -0.1) is 0 Å². The summed E-state index contributed by atoms with van der Waals surface area (Å²) in [6.45, 7) is 6.06. The van der Waals surface area contributed by atoms with Crippen molar-refractivity contribution in [2.75, 3.05) is 38.8 Å². The van der Waals surface area contributed by atoms with Crippen molar-refractivity contribution in [3.63, 3.8) is 0 Å². The van der Waals surface area contributed by atoms with E-state index in [-0.39, 0.29) is 11.9 Å². The first kappa shape index (κ1) is 22.9. The molecular weight excluding hydrogens is 545 g/mol. The largest absolute Gasteiger partial charge is 0.495 e. The van der Waals surface area contributed by atoms with Crippen LogP contribution in [0.3, 0.4) is 0 Å². The Morgan fingerprint density at radius 2 is 2.22 bits per heavy atom. The molecule has 0 radical (unpaired) electrons. The van der Waals surface area contributed by atoms with Crippen LogP contribution in [-0.4, -0.2) is 64.3 Å². The van der Waals surface area contributed by atoms with Crippen molar-refractivity contribution in [1.29, 1.82) is 0 Å². The summed E-state index contributed by atoms with van der Waals surface area (Å²) in [4.78, 5) is 24.0. The molecule has 0 unspecified atom stereocenters. The van der Waals surface area contributed by atoms with Crippen LogP contribution in [0.1, 0.15) is 24.2 Å². The zero-order valence-corrected chi connectivity index (χ0v) is 21.0. The lowest BCUT2D eigenvalue weighted by atomic mass is 10.1. The van der Waals surface area contributed by atoms with E-state index in [1.54, 1.807) is 25.3 Å². The summed E-state index contributed by atoms with van der Waals surface area (Å²) in [5.41, 5.74) is 1.96. The number of aromatic nitrogens is 3. The van der Waals surface area contributed by atoms with Crippen LogP contribution in [0.4, 0.5) is 11.6 Å². The third kappa shape index (κ3) is 4.59.